The Hall–Kier alpha value is -2.68. The molecule has 1 N–H and O–H groups in total. The van der Waals surface area contributed by atoms with Gasteiger partial charge >= 0.3 is 0 Å². The van der Waals surface area contributed by atoms with Crippen LogP contribution in [0.15, 0.2) is 82.3 Å². The van der Waals surface area contributed by atoms with Crippen molar-refractivity contribution in [2.45, 2.75) is 10.9 Å². The topological polar surface area (TPSA) is 65.8 Å². The summed E-state index contributed by atoms with van der Waals surface area (Å²) in [4.78, 5) is 4.41. The summed E-state index contributed by atoms with van der Waals surface area (Å²) in [5.41, 5.74) is 0.594. The van der Waals surface area contributed by atoms with Crippen LogP contribution in [0.2, 0.25) is 0 Å². The molecule has 2 aromatic carbocycles. The summed E-state index contributed by atoms with van der Waals surface area (Å²) in [6.45, 7) is 2.79. The molecule has 30 heavy (non-hydrogen) atoms. The molecule has 2 heterocycles. The van der Waals surface area contributed by atoms with Gasteiger partial charge in [-0.3, -0.25) is 4.90 Å². The maximum atomic E-state index is 14.1. The predicted octanol–water partition coefficient (Wildman–Crippen LogP) is 3.26. The first-order chi connectivity index (χ1) is 14.5. The van der Waals surface area contributed by atoms with E-state index < -0.39 is 10.0 Å². The lowest BCUT2D eigenvalue weighted by Gasteiger charge is -2.39. The minimum atomic E-state index is -3.62. The fraction of sp³-hybridized carbons (Fsp3) is 0.273. The molecule has 0 bridgehead atoms. The lowest BCUT2D eigenvalue weighted by atomic mass is 10.1. The molecule has 1 saturated heterocycles. The average Bonchev–Trinajstić information content (AvgIpc) is 3.30. The zero-order chi connectivity index (χ0) is 21.0. The van der Waals surface area contributed by atoms with Crippen molar-refractivity contribution in [3.63, 3.8) is 0 Å². The smallest absolute Gasteiger partial charge is 0.240 e. The molecule has 1 fully saturated rings. The number of furan rings is 1. The minimum absolute atomic E-state index is 0.185. The van der Waals surface area contributed by atoms with Crippen molar-refractivity contribution in [3.05, 3.63) is 84.6 Å². The summed E-state index contributed by atoms with van der Waals surface area (Å²) in [5.74, 6) is 0.467. The van der Waals surface area contributed by atoms with Crippen LogP contribution in [0.1, 0.15) is 11.8 Å². The molecule has 158 valence electrons. The fourth-order valence-corrected chi connectivity index (χ4v) is 4.80. The molecular formula is C22H24FN3O3S. The molecule has 1 aliphatic heterocycles. The Labute approximate surface area is 176 Å². The van der Waals surface area contributed by atoms with E-state index in [1.54, 1.807) is 54.8 Å². The van der Waals surface area contributed by atoms with E-state index in [0.717, 1.165) is 0 Å². The van der Waals surface area contributed by atoms with Gasteiger partial charge < -0.3 is 9.32 Å². The second-order valence-electron chi connectivity index (χ2n) is 7.17. The maximum Gasteiger partial charge on any atom is 0.240 e. The predicted molar refractivity (Wildman–Crippen MR) is 113 cm³/mol. The average molecular weight is 430 g/mol. The van der Waals surface area contributed by atoms with Crippen LogP contribution >= 0.6 is 0 Å². The van der Waals surface area contributed by atoms with Crippen LogP contribution in [0.5, 0.6) is 0 Å². The van der Waals surface area contributed by atoms with Crippen molar-refractivity contribution in [2.75, 3.05) is 37.6 Å². The van der Waals surface area contributed by atoms with Gasteiger partial charge in [0.1, 0.15) is 11.6 Å². The van der Waals surface area contributed by atoms with Crippen LogP contribution in [0, 0.1) is 5.82 Å². The van der Waals surface area contributed by atoms with Crippen LogP contribution in [-0.4, -0.2) is 46.0 Å². The lowest BCUT2D eigenvalue weighted by molar-refractivity contribution is 0.166. The number of nitrogens with one attached hydrogen (secondary N) is 1. The first-order valence-electron chi connectivity index (χ1n) is 9.86. The number of benzene rings is 2. The maximum absolute atomic E-state index is 14.1. The molecule has 1 aliphatic rings. The van der Waals surface area contributed by atoms with Gasteiger partial charge in [-0.25, -0.2) is 17.5 Å². The van der Waals surface area contributed by atoms with E-state index in [0.29, 0.717) is 37.6 Å². The number of sulfonamides is 1. The Balaban J connectivity index is 1.46. The molecule has 0 amide bonds. The molecule has 4 rings (SSSR count). The number of rotatable bonds is 7. The quantitative estimate of drug-likeness (QED) is 0.625. The van der Waals surface area contributed by atoms with Gasteiger partial charge in [0.15, 0.2) is 0 Å². The summed E-state index contributed by atoms with van der Waals surface area (Å²) < 4.78 is 47.7. The molecule has 3 aromatic rings. The molecule has 1 aromatic heterocycles. The highest BCUT2D eigenvalue weighted by Gasteiger charge is 2.29. The highest BCUT2D eigenvalue weighted by atomic mass is 32.2. The number of halogens is 1. The molecule has 6 nitrogen and oxygen atoms in total. The Kier molecular flexibility index (Phi) is 6.17. The first kappa shape index (κ1) is 20.6. The van der Waals surface area contributed by atoms with Crippen molar-refractivity contribution in [2.24, 2.45) is 0 Å². The Morgan fingerprint density at radius 3 is 2.30 bits per heavy atom. The number of anilines is 1. The van der Waals surface area contributed by atoms with Crippen LogP contribution in [0.25, 0.3) is 0 Å². The highest BCUT2D eigenvalue weighted by molar-refractivity contribution is 7.89. The van der Waals surface area contributed by atoms with E-state index in [4.69, 9.17) is 4.42 Å². The lowest BCUT2D eigenvalue weighted by Crippen LogP contribution is -2.50. The van der Waals surface area contributed by atoms with Crippen LogP contribution < -0.4 is 9.62 Å². The molecular weight excluding hydrogens is 405 g/mol. The van der Waals surface area contributed by atoms with Crippen molar-refractivity contribution in [1.29, 1.82) is 0 Å². The van der Waals surface area contributed by atoms with E-state index in [9.17, 15) is 12.8 Å². The van der Waals surface area contributed by atoms with E-state index in [2.05, 4.69) is 9.62 Å². The van der Waals surface area contributed by atoms with Crippen LogP contribution in [-0.2, 0) is 10.0 Å². The van der Waals surface area contributed by atoms with Gasteiger partial charge in [-0.2, -0.15) is 0 Å². The first-order valence-corrected chi connectivity index (χ1v) is 11.3. The monoisotopic (exact) mass is 429 g/mol. The Bertz CT molecular complexity index is 1050. The van der Waals surface area contributed by atoms with Gasteiger partial charge in [-0.15, -0.1) is 0 Å². The van der Waals surface area contributed by atoms with E-state index in [-0.39, 0.29) is 23.3 Å². The number of hydrogen-bond donors (Lipinski definition) is 1. The third-order valence-corrected chi connectivity index (χ3v) is 6.78. The number of hydrogen-bond acceptors (Lipinski definition) is 5. The second kappa shape index (κ2) is 8.99. The van der Waals surface area contributed by atoms with Gasteiger partial charge in [0.05, 0.1) is 22.9 Å². The number of para-hydroxylation sites is 1. The fourth-order valence-electron chi connectivity index (χ4n) is 3.74. The van der Waals surface area contributed by atoms with E-state index in [1.165, 1.54) is 6.07 Å². The van der Waals surface area contributed by atoms with Crippen molar-refractivity contribution in [1.82, 2.24) is 9.62 Å². The van der Waals surface area contributed by atoms with Crippen LogP contribution in [0.4, 0.5) is 10.1 Å². The van der Waals surface area contributed by atoms with Gasteiger partial charge in [0, 0.05) is 32.7 Å². The molecule has 0 saturated carbocycles. The van der Waals surface area contributed by atoms with Gasteiger partial charge in [-0.1, -0.05) is 30.3 Å². The Morgan fingerprint density at radius 2 is 1.63 bits per heavy atom. The van der Waals surface area contributed by atoms with Gasteiger partial charge in [0.25, 0.3) is 0 Å². The Morgan fingerprint density at radius 1 is 0.933 bits per heavy atom. The van der Waals surface area contributed by atoms with Crippen LogP contribution in [0.3, 0.4) is 0 Å². The molecule has 1 atom stereocenters. The summed E-state index contributed by atoms with van der Waals surface area (Å²) in [6.07, 6.45) is 1.59. The van der Waals surface area contributed by atoms with Crippen molar-refractivity contribution < 1.29 is 17.2 Å². The zero-order valence-corrected chi connectivity index (χ0v) is 17.3. The van der Waals surface area contributed by atoms with Crippen molar-refractivity contribution in [3.8, 4) is 0 Å². The standard InChI is InChI=1S/C22H24FN3O3S/c23-19-9-4-5-10-20(19)25-12-14-26(15-13-25)21(22-11-6-16-29-22)17-24-30(27,28)18-7-2-1-3-8-18/h1-11,16,21,24H,12-15,17H2/t21-/m1/s1. The summed E-state index contributed by atoms with van der Waals surface area (Å²) >= 11 is 0. The number of nitrogens with zero attached hydrogens (tertiary/aromatic N) is 2. The SMILES string of the molecule is O=S(=O)(NC[C@H](c1ccco1)N1CCN(c2ccccc2F)CC1)c1ccccc1. The highest BCUT2D eigenvalue weighted by Crippen LogP contribution is 2.26. The second-order valence-corrected chi connectivity index (χ2v) is 8.94. The summed E-state index contributed by atoms with van der Waals surface area (Å²) in [7, 11) is -3.62. The summed E-state index contributed by atoms with van der Waals surface area (Å²) in [5, 5.41) is 0. The zero-order valence-electron chi connectivity index (χ0n) is 16.4. The van der Waals surface area contributed by atoms with E-state index in [1.807, 2.05) is 17.0 Å². The molecule has 8 heteroatoms. The minimum Gasteiger partial charge on any atom is -0.468 e. The molecule has 0 aliphatic carbocycles. The largest absolute Gasteiger partial charge is 0.468 e. The van der Waals surface area contributed by atoms with Crippen molar-refractivity contribution >= 4 is 15.7 Å². The third kappa shape index (κ3) is 4.56. The molecule has 0 spiro atoms. The summed E-state index contributed by atoms with van der Waals surface area (Å²) in [6, 6.07) is 18.5. The number of piperazine rings is 1. The third-order valence-electron chi connectivity index (χ3n) is 5.34. The normalized spacial score (nSPS) is 16.5. The molecule has 0 radical (unpaired) electrons. The van der Waals surface area contributed by atoms with E-state index >= 15 is 0 Å². The van der Waals surface area contributed by atoms with Gasteiger partial charge in [0.2, 0.25) is 10.0 Å². The van der Waals surface area contributed by atoms with Gasteiger partial charge in [-0.05, 0) is 36.4 Å². The molecule has 0 unspecified atom stereocenters.